The number of rotatable bonds is 2. The van der Waals surface area contributed by atoms with Gasteiger partial charge in [0.05, 0.1) is 28.1 Å². The van der Waals surface area contributed by atoms with Crippen LogP contribution in [0.4, 0.5) is 0 Å². The lowest BCUT2D eigenvalue weighted by Gasteiger charge is -2.10. The lowest BCUT2D eigenvalue weighted by molar-refractivity contribution is 1.06. The van der Waals surface area contributed by atoms with Gasteiger partial charge in [-0.25, -0.2) is 9.78 Å². The third kappa shape index (κ3) is 2.03. The number of fused-ring (bicyclic) bond motifs is 1. The van der Waals surface area contributed by atoms with Crippen LogP contribution in [-0.2, 0) is 0 Å². The fraction of sp³-hybridized carbons (Fsp3) is 0. The van der Waals surface area contributed by atoms with E-state index in [0.717, 1.165) is 27.8 Å². The van der Waals surface area contributed by atoms with Crippen molar-refractivity contribution in [2.24, 2.45) is 0 Å². The third-order valence-electron chi connectivity index (χ3n) is 3.59. The van der Waals surface area contributed by atoms with E-state index in [0.29, 0.717) is 5.02 Å². The van der Waals surface area contributed by atoms with Crippen molar-refractivity contribution in [3.8, 4) is 16.8 Å². The first-order chi connectivity index (χ1) is 10.7. The van der Waals surface area contributed by atoms with Crippen LogP contribution >= 0.6 is 11.6 Å². The number of benzene rings is 2. The van der Waals surface area contributed by atoms with E-state index in [4.69, 9.17) is 11.6 Å². The number of nitrogens with zero attached hydrogens (tertiary/aromatic N) is 2. The molecule has 0 aliphatic rings. The quantitative estimate of drug-likeness (QED) is 0.596. The molecule has 2 aromatic carbocycles. The van der Waals surface area contributed by atoms with E-state index in [2.05, 4.69) is 15.0 Å². The number of H-pyrrole nitrogens is 2. The van der Waals surface area contributed by atoms with Gasteiger partial charge in [-0.15, -0.1) is 0 Å². The molecule has 5 nitrogen and oxygen atoms in total. The molecule has 0 fully saturated rings. The van der Waals surface area contributed by atoms with Crippen molar-refractivity contribution >= 4 is 22.6 Å². The fourth-order valence-electron chi connectivity index (χ4n) is 2.54. The molecule has 6 heteroatoms. The van der Waals surface area contributed by atoms with E-state index in [1.165, 1.54) is 0 Å². The molecule has 0 spiro atoms. The van der Waals surface area contributed by atoms with Crippen molar-refractivity contribution < 1.29 is 0 Å². The minimum atomic E-state index is -0.217. The lowest BCUT2D eigenvalue weighted by atomic mass is 10.0. The highest BCUT2D eigenvalue weighted by molar-refractivity contribution is 6.35. The van der Waals surface area contributed by atoms with E-state index in [9.17, 15) is 4.79 Å². The summed E-state index contributed by atoms with van der Waals surface area (Å²) in [5, 5.41) is 0.637. The van der Waals surface area contributed by atoms with E-state index < -0.39 is 0 Å². The molecule has 0 amide bonds. The Balaban J connectivity index is 1.91. The van der Waals surface area contributed by atoms with Gasteiger partial charge in [0.1, 0.15) is 0 Å². The summed E-state index contributed by atoms with van der Waals surface area (Å²) in [5.41, 5.74) is 4.01. The van der Waals surface area contributed by atoms with Crippen molar-refractivity contribution in [2.45, 2.75) is 0 Å². The standard InChI is InChI=1S/C16H11ClN4O/c17-15-11(2-1-3-14(15)21-7-6-18-9-21)10-4-5-12-13(8-10)20-16(22)19-12/h1-9H,(H2,19,20,22). The molecule has 2 N–H and O–H groups in total. The van der Waals surface area contributed by atoms with Crippen molar-refractivity contribution in [1.82, 2.24) is 19.5 Å². The molecule has 0 bridgehead atoms. The Morgan fingerprint density at radius 3 is 2.77 bits per heavy atom. The SMILES string of the molecule is O=c1[nH]c2ccc(-c3cccc(-n4ccnc4)c3Cl)cc2[nH]1. The Hall–Kier alpha value is -2.79. The lowest BCUT2D eigenvalue weighted by Crippen LogP contribution is -1.99. The van der Waals surface area contributed by atoms with Gasteiger partial charge in [0, 0.05) is 18.0 Å². The minimum absolute atomic E-state index is 0.217. The zero-order chi connectivity index (χ0) is 15.1. The molecular weight excluding hydrogens is 300 g/mol. The first-order valence-electron chi connectivity index (χ1n) is 6.71. The molecule has 0 saturated carbocycles. The molecule has 0 aliphatic carbocycles. The van der Waals surface area contributed by atoms with Gasteiger partial charge in [-0.1, -0.05) is 29.8 Å². The van der Waals surface area contributed by atoms with Crippen LogP contribution in [0.3, 0.4) is 0 Å². The van der Waals surface area contributed by atoms with Crippen LogP contribution in [0.5, 0.6) is 0 Å². The van der Waals surface area contributed by atoms with Crippen molar-refractivity contribution in [2.75, 3.05) is 0 Å². The van der Waals surface area contributed by atoms with E-state index >= 15 is 0 Å². The van der Waals surface area contributed by atoms with Crippen LogP contribution < -0.4 is 5.69 Å². The molecule has 108 valence electrons. The zero-order valence-electron chi connectivity index (χ0n) is 11.4. The number of halogens is 1. The second-order valence-electron chi connectivity index (χ2n) is 4.95. The smallest absolute Gasteiger partial charge is 0.306 e. The molecule has 4 rings (SSSR count). The molecule has 2 heterocycles. The van der Waals surface area contributed by atoms with E-state index in [1.54, 1.807) is 12.5 Å². The molecule has 0 saturated heterocycles. The predicted octanol–water partition coefficient (Wildman–Crippen LogP) is 3.36. The van der Waals surface area contributed by atoms with Gasteiger partial charge >= 0.3 is 5.69 Å². The maximum atomic E-state index is 11.4. The van der Waals surface area contributed by atoms with Crippen molar-refractivity contribution in [1.29, 1.82) is 0 Å². The van der Waals surface area contributed by atoms with Gasteiger partial charge < -0.3 is 14.5 Å². The summed E-state index contributed by atoms with van der Waals surface area (Å²) in [4.78, 5) is 20.9. The van der Waals surface area contributed by atoms with Gasteiger partial charge in [-0.3, -0.25) is 0 Å². The Kier molecular flexibility index (Phi) is 2.87. The number of hydrogen-bond donors (Lipinski definition) is 2. The van der Waals surface area contributed by atoms with Gasteiger partial charge in [0.15, 0.2) is 0 Å². The summed E-state index contributed by atoms with van der Waals surface area (Å²) in [7, 11) is 0. The average Bonchev–Trinajstić information content (AvgIpc) is 3.15. The van der Waals surface area contributed by atoms with Crippen molar-refractivity contribution in [3.63, 3.8) is 0 Å². The number of hydrogen-bond acceptors (Lipinski definition) is 2. The summed E-state index contributed by atoms with van der Waals surface area (Å²) in [6.45, 7) is 0. The summed E-state index contributed by atoms with van der Waals surface area (Å²) in [6.07, 6.45) is 5.26. The first kappa shape index (κ1) is 12.9. The summed E-state index contributed by atoms with van der Waals surface area (Å²) in [5.74, 6) is 0. The Morgan fingerprint density at radius 2 is 1.95 bits per heavy atom. The van der Waals surface area contributed by atoms with Crippen molar-refractivity contribution in [3.05, 3.63) is 70.6 Å². The Bertz CT molecular complexity index is 1010. The number of aromatic amines is 2. The van der Waals surface area contributed by atoms with Gasteiger partial charge in [0.25, 0.3) is 0 Å². The topological polar surface area (TPSA) is 66.5 Å². The predicted molar refractivity (Wildman–Crippen MR) is 86.5 cm³/mol. The van der Waals surface area contributed by atoms with Crippen LogP contribution in [0.25, 0.3) is 27.8 Å². The molecule has 0 aliphatic heterocycles. The molecular formula is C16H11ClN4O. The Labute approximate surface area is 130 Å². The summed E-state index contributed by atoms with van der Waals surface area (Å²) in [6, 6.07) is 11.5. The van der Waals surface area contributed by atoms with E-state index in [1.807, 2.05) is 47.2 Å². The number of nitrogens with one attached hydrogen (secondary N) is 2. The molecule has 22 heavy (non-hydrogen) atoms. The molecule has 0 unspecified atom stereocenters. The van der Waals surface area contributed by atoms with Crippen LogP contribution in [0, 0.1) is 0 Å². The number of aromatic nitrogens is 4. The van der Waals surface area contributed by atoms with Crippen LogP contribution in [-0.4, -0.2) is 19.5 Å². The fourth-order valence-corrected chi connectivity index (χ4v) is 2.88. The molecule has 2 aromatic heterocycles. The second-order valence-corrected chi connectivity index (χ2v) is 5.33. The highest BCUT2D eigenvalue weighted by Crippen LogP contribution is 2.33. The largest absolute Gasteiger partial charge is 0.323 e. The maximum absolute atomic E-state index is 11.4. The molecule has 4 aromatic rings. The molecule has 0 radical (unpaired) electrons. The highest BCUT2D eigenvalue weighted by Gasteiger charge is 2.10. The van der Waals surface area contributed by atoms with Crippen LogP contribution in [0.2, 0.25) is 5.02 Å². The highest BCUT2D eigenvalue weighted by atomic mass is 35.5. The normalized spacial score (nSPS) is 11.1. The maximum Gasteiger partial charge on any atom is 0.323 e. The second kappa shape index (κ2) is 4.89. The monoisotopic (exact) mass is 310 g/mol. The van der Waals surface area contributed by atoms with Gasteiger partial charge in [-0.2, -0.15) is 0 Å². The first-order valence-corrected chi connectivity index (χ1v) is 7.09. The van der Waals surface area contributed by atoms with Gasteiger partial charge in [-0.05, 0) is 23.8 Å². The minimum Gasteiger partial charge on any atom is -0.306 e. The van der Waals surface area contributed by atoms with Crippen LogP contribution in [0.1, 0.15) is 0 Å². The summed E-state index contributed by atoms with van der Waals surface area (Å²) >= 11 is 6.56. The third-order valence-corrected chi connectivity index (χ3v) is 3.99. The number of imidazole rings is 2. The summed E-state index contributed by atoms with van der Waals surface area (Å²) < 4.78 is 1.86. The average molecular weight is 311 g/mol. The van der Waals surface area contributed by atoms with Crippen LogP contribution in [0.15, 0.2) is 59.9 Å². The van der Waals surface area contributed by atoms with Gasteiger partial charge in [0.2, 0.25) is 0 Å². The van der Waals surface area contributed by atoms with E-state index in [-0.39, 0.29) is 5.69 Å². The Morgan fingerprint density at radius 1 is 1.09 bits per heavy atom. The zero-order valence-corrected chi connectivity index (χ0v) is 12.1. The molecule has 0 atom stereocenters.